The second kappa shape index (κ2) is 6.05. The van der Waals surface area contributed by atoms with Gasteiger partial charge in [-0.25, -0.2) is 0 Å². The maximum Gasteiger partial charge on any atom is 0.289 e. The number of nitrogen functional groups attached to an aromatic ring is 1. The predicted molar refractivity (Wildman–Crippen MR) is 87.9 cm³/mol. The lowest BCUT2D eigenvalue weighted by atomic mass is 10.0. The lowest BCUT2D eigenvalue weighted by Crippen LogP contribution is -2.38. The topological polar surface area (TPSA) is 59.5 Å². The molecule has 3 rings (SSSR count). The molecule has 0 radical (unpaired) electrons. The van der Waals surface area contributed by atoms with E-state index in [1.165, 1.54) is 6.42 Å². The standard InChI is InChI=1S/C17H19ClN2O2/c1-11-3-2-8-20(10-11)17(21)16-7-6-15(22-16)13-5-4-12(18)9-14(13)19/h4-7,9,11H,2-3,8,10,19H2,1H3/t11-/m0/s1. The molecular weight excluding hydrogens is 300 g/mol. The van der Waals surface area contributed by atoms with Gasteiger partial charge in [-0.15, -0.1) is 0 Å². The molecule has 0 saturated carbocycles. The number of carbonyl (C=O) groups excluding carboxylic acids is 1. The Labute approximate surface area is 134 Å². The van der Waals surface area contributed by atoms with Crippen molar-refractivity contribution < 1.29 is 9.21 Å². The van der Waals surface area contributed by atoms with E-state index in [0.29, 0.717) is 28.1 Å². The number of carbonyl (C=O) groups is 1. The highest BCUT2D eigenvalue weighted by atomic mass is 35.5. The molecule has 4 nitrogen and oxygen atoms in total. The first-order chi connectivity index (χ1) is 10.5. The molecule has 1 aliphatic rings. The van der Waals surface area contributed by atoms with Gasteiger partial charge < -0.3 is 15.1 Å². The largest absolute Gasteiger partial charge is 0.451 e. The van der Waals surface area contributed by atoms with E-state index in [2.05, 4.69) is 6.92 Å². The summed E-state index contributed by atoms with van der Waals surface area (Å²) in [5, 5.41) is 0.575. The van der Waals surface area contributed by atoms with Crippen LogP contribution in [0.1, 0.15) is 30.3 Å². The molecule has 22 heavy (non-hydrogen) atoms. The van der Waals surface area contributed by atoms with E-state index < -0.39 is 0 Å². The van der Waals surface area contributed by atoms with Crippen LogP contribution >= 0.6 is 11.6 Å². The smallest absolute Gasteiger partial charge is 0.289 e. The molecule has 2 heterocycles. The summed E-state index contributed by atoms with van der Waals surface area (Å²) in [6.45, 7) is 3.75. The summed E-state index contributed by atoms with van der Waals surface area (Å²) in [5.41, 5.74) is 7.24. The number of hydrogen-bond acceptors (Lipinski definition) is 3. The molecule has 5 heteroatoms. The predicted octanol–water partition coefficient (Wildman–Crippen LogP) is 4.05. The summed E-state index contributed by atoms with van der Waals surface area (Å²) in [4.78, 5) is 14.4. The van der Waals surface area contributed by atoms with Gasteiger partial charge in [-0.05, 0) is 49.1 Å². The fourth-order valence-electron chi connectivity index (χ4n) is 2.89. The third kappa shape index (κ3) is 2.97. The zero-order chi connectivity index (χ0) is 15.7. The van der Waals surface area contributed by atoms with E-state index in [4.69, 9.17) is 21.8 Å². The van der Waals surface area contributed by atoms with Crippen LogP contribution in [-0.2, 0) is 0 Å². The molecule has 116 valence electrons. The summed E-state index contributed by atoms with van der Waals surface area (Å²) in [7, 11) is 0. The number of benzene rings is 1. The van der Waals surface area contributed by atoms with Gasteiger partial charge in [-0.2, -0.15) is 0 Å². The third-order valence-electron chi connectivity index (χ3n) is 4.04. The summed E-state index contributed by atoms with van der Waals surface area (Å²) in [5.74, 6) is 1.44. The highest BCUT2D eigenvalue weighted by Gasteiger charge is 2.24. The zero-order valence-corrected chi connectivity index (χ0v) is 13.3. The first kappa shape index (κ1) is 15.0. The van der Waals surface area contributed by atoms with Crippen LogP contribution in [0, 0.1) is 5.92 Å². The van der Waals surface area contributed by atoms with E-state index in [1.54, 1.807) is 30.3 Å². The van der Waals surface area contributed by atoms with Crippen molar-refractivity contribution >= 4 is 23.2 Å². The number of likely N-dealkylation sites (tertiary alicyclic amines) is 1. The van der Waals surface area contributed by atoms with Crippen molar-refractivity contribution in [2.24, 2.45) is 5.92 Å². The van der Waals surface area contributed by atoms with Crippen molar-refractivity contribution in [2.45, 2.75) is 19.8 Å². The molecule has 1 saturated heterocycles. The van der Waals surface area contributed by atoms with Crippen molar-refractivity contribution in [1.82, 2.24) is 4.90 Å². The molecule has 1 atom stereocenters. The molecule has 0 bridgehead atoms. The molecular formula is C17H19ClN2O2. The highest BCUT2D eigenvalue weighted by molar-refractivity contribution is 6.31. The van der Waals surface area contributed by atoms with Gasteiger partial charge in [0.2, 0.25) is 0 Å². The van der Waals surface area contributed by atoms with Crippen molar-refractivity contribution in [3.8, 4) is 11.3 Å². The van der Waals surface area contributed by atoms with E-state index in [0.717, 1.165) is 25.1 Å². The van der Waals surface area contributed by atoms with Crippen LogP contribution in [0.25, 0.3) is 11.3 Å². The highest BCUT2D eigenvalue weighted by Crippen LogP contribution is 2.30. The first-order valence-electron chi connectivity index (χ1n) is 7.49. The number of amides is 1. The number of hydrogen-bond donors (Lipinski definition) is 1. The Hall–Kier alpha value is -1.94. The van der Waals surface area contributed by atoms with Crippen molar-refractivity contribution in [3.05, 3.63) is 41.1 Å². The molecule has 1 aromatic carbocycles. The maximum absolute atomic E-state index is 12.5. The molecule has 2 aromatic rings. The molecule has 1 aromatic heterocycles. The number of nitrogens with two attached hydrogens (primary N) is 1. The SMILES string of the molecule is C[C@H]1CCCN(C(=O)c2ccc(-c3ccc(Cl)cc3N)o2)C1. The number of piperidine rings is 1. The second-order valence-corrected chi connectivity index (χ2v) is 6.33. The Bertz CT molecular complexity index is 696. The minimum atomic E-state index is -0.0506. The molecule has 2 N–H and O–H groups in total. The summed E-state index contributed by atoms with van der Waals surface area (Å²) >= 11 is 5.90. The Morgan fingerprint density at radius 2 is 2.18 bits per heavy atom. The van der Waals surface area contributed by atoms with Gasteiger partial charge >= 0.3 is 0 Å². The molecule has 0 unspecified atom stereocenters. The number of halogens is 1. The van der Waals surface area contributed by atoms with E-state index >= 15 is 0 Å². The van der Waals surface area contributed by atoms with Crippen molar-refractivity contribution in [3.63, 3.8) is 0 Å². The second-order valence-electron chi connectivity index (χ2n) is 5.89. The van der Waals surface area contributed by atoms with Gasteiger partial charge in [0.05, 0.1) is 0 Å². The van der Waals surface area contributed by atoms with Crippen molar-refractivity contribution in [2.75, 3.05) is 18.8 Å². The molecule has 1 fully saturated rings. The first-order valence-corrected chi connectivity index (χ1v) is 7.87. The van der Waals surface area contributed by atoms with E-state index in [-0.39, 0.29) is 5.91 Å². The van der Waals surface area contributed by atoms with Gasteiger partial charge in [-0.3, -0.25) is 4.79 Å². The Morgan fingerprint density at radius 1 is 1.36 bits per heavy atom. The average molecular weight is 319 g/mol. The van der Waals surface area contributed by atoms with Crippen LogP contribution in [-0.4, -0.2) is 23.9 Å². The van der Waals surface area contributed by atoms with Gasteiger partial charge in [0.15, 0.2) is 5.76 Å². The quantitative estimate of drug-likeness (QED) is 0.850. The van der Waals surface area contributed by atoms with E-state index in [1.807, 2.05) is 4.90 Å². The number of nitrogens with zero attached hydrogens (tertiary/aromatic N) is 1. The van der Waals surface area contributed by atoms with Gasteiger partial charge in [-0.1, -0.05) is 18.5 Å². The van der Waals surface area contributed by atoms with Crippen LogP contribution in [0.4, 0.5) is 5.69 Å². The molecule has 1 aliphatic heterocycles. The lowest BCUT2D eigenvalue weighted by Gasteiger charge is -2.30. The maximum atomic E-state index is 12.5. The van der Waals surface area contributed by atoms with Crippen LogP contribution < -0.4 is 5.73 Å². The van der Waals surface area contributed by atoms with Crippen LogP contribution in [0.3, 0.4) is 0 Å². The average Bonchev–Trinajstić information content (AvgIpc) is 2.96. The van der Waals surface area contributed by atoms with Crippen LogP contribution in [0.2, 0.25) is 5.02 Å². The normalized spacial score (nSPS) is 18.5. The van der Waals surface area contributed by atoms with Gasteiger partial charge in [0.1, 0.15) is 5.76 Å². The molecule has 1 amide bonds. The summed E-state index contributed by atoms with van der Waals surface area (Å²) < 4.78 is 5.73. The molecule has 0 spiro atoms. The Balaban J connectivity index is 1.82. The minimum absolute atomic E-state index is 0.0506. The van der Waals surface area contributed by atoms with Gasteiger partial charge in [0, 0.05) is 29.4 Å². The third-order valence-corrected chi connectivity index (χ3v) is 4.28. The monoisotopic (exact) mass is 318 g/mol. The fraction of sp³-hybridized carbons (Fsp3) is 0.353. The lowest BCUT2D eigenvalue weighted by molar-refractivity contribution is 0.0652. The summed E-state index contributed by atoms with van der Waals surface area (Å²) in [6, 6.07) is 8.72. The number of rotatable bonds is 2. The zero-order valence-electron chi connectivity index (χ0n) is 12.5. The Morgan fingerprint density at radius 3 is 2.91 bits per heavy atom. The van der Waals surface area contributed by atoms with Crippen LogP contribution in [0.5, 0.6) is 0 Å². The van der Waals surface area contributed by atoms with E-state index in [9.17, 15) is 4.79 Å². The van der Waals surface area contributed by atoms with Crippen molar-refractivity contribution in [1.29, 1.82) is 0 Å². The van der Waals surface area contributed by atoms with Crippen LogP contribution in [0.15, 0.2) is 34.7 Å². The Kier molecular flexibility index (Phi) is 4.12. The summed E-state index contributed by atoms with van der Waals surface area (Å²) in [6.07, 6.45) is 2.22. The van der Waals surface area contributed by atoms with Gasteiger partial charge in [0.25, 0.3) is 5.91 Å². The number of furan rings is 1. The number of anilines is 1. The molecule has 0 aliphatic carbocycles. The fourth-order valence-corrected chi connectivity index (χ4v) is 3.07. The minimum Gasteiger partial charge on any atom is -0.451 e.